The third-order valence-corrected chi connectivity index (χ3v) is 3.20. The second kappa shape index (κ2) is 5.58. The Hall–Kier alpha value is -0.970. The topological polar surface area (TPSA) is 46.4 Å². The molecule has 0 fully saturated rings. The van der Waals surface area contributed by atoms with Crippen LogP contribution in [0.4, 0.5) is 0 Å². The Morgan fingerprint density at radius 1 is 1.35 bits per heavy atom. The fourth-order valence-electron chi connectivity index (χ4n) is 1.70. The molecule has 0 radical (unpaired) electrons. The van der Waals surface area contributed by atoms with E-state index in [1.165, 1.54) is 6.92 Å². The largest absolute Gasteiger partial charge is 0.324 e. The lowest BCUT2D eigenvalue weighted by Gasteiger charge is -2.34. The molecule has 0 aliphatic rings. The summed E-state index contributed by atoms with van der Waals surface area (Å²) in [7, 11) is 3.56. The summed E-state index contributed by atoms with van der Waals surface area (Å²) in [6.45, 7) is 1.49. The first-order valence-corrected chi connectivity index (χ1v) is 5.69. The minimum atomic E-state index is -0.417. The zero-order chi connectivity index (χ0) is 13.2. The Morgan fingerprint density at radius 3 is 2.35 bits per heavy atom. The van der Waals surface area contributed by atoms with E-state index in [9.17, 15) is 10.1 Å². The molecule has 0 aliphatic carbocycles. The highest BCUT2D eigenvalue weighted by Crippen LogP contribution is 2.32. The molecule has 1 aromatic carbocycles. The highest BCUT2D eigenvalue weighted by molar-refractivity contribution is 6.42. The van der Waals surface area contributed by atoms with E-state index >= 15 is 0 Å². The first kappa shape index (κ1) is 14.1. The first-order chi connectivity index (χ1) is 7.84. The van der Waals surface area contributed by atoms with Crippen LogP contribution in [0, 0.1) is 16.2 Å². The minimum absolute atomic E-state index is 0.147. The summed E-state index contributed by atoms with van der Waals surface area (Å²) < 4.78 is 0. The molecular weight excluding hydrogens is 263 g/mol. The number of nitro groups is 1. The van der Waals surface area contributed by atoms with Crippen LogP contribution in [0.1, 0.15) is 18.5 Å². The van der Waals surface area contributed by atoms with Crippen molar-refractivity contribution in [3.8, 4) is 0 Å². The number of benzene rings is 1. The van der Waals surface area contributed by atoms with Gasteiger partial charge >= 0.3 is 0 Å². The van der Waals surface area contributed by atoms with Gasteiger partial charge in [0, 0.05) is 0 Å². The maximum atomic E-state index is 10.9. The van der Waals surface area contributed by atoms with Crippen LogP contribution in [0.3, 0.4) is 0 Å². The number of nitrogens with zero attached hydrogens (tertiary/aromatic N) is 2. The van der Waals surface area contributed by atoms with Crippen LogP contribution in [-0.2, 0) is 0 Å². The van der Waals surface area contributed by atoms with Gasteiger partial charge in [0.05, 0.1) is 10.0 Å². The summed E-state index contributed by atoms with van der Waals surface area (Å²) >= 11 is 11.7. The van der Waals surface area contributed by atoms with Gasteiger partial charge in [-0.15, -0.1) is 11.8 Å². The van der Waals surface area contributed by atoms with Gasteiger partial charge < -0.3 is 4.90 Å². The van der Waals surface area contributed by atoms with Crippen molar-refractivity contribution in [2.75, 3.05) is 14.1 Å². The van der Waals surface area contributed by atoms with Crippen molar-refractivity contribution in [3.05, 3.63) is 50.0 Å². The molecule has 17 heavy (non-hydrogen) atoms. The number of halogens is 2. The third-order valence-electron chi connectivity index (χ3n) is 2.46. The maximum absolute atomic E-state index is 10.9. The lowest BCUT2D eigenvalue weighted by molar-refractivity contribution is -0.472. The molecule has 0 aliphatic heterocycles. The van der Waals surface area contributed by atoms with E-state index in [-0.39, 0.29) is 11.0 Å². The van der Waals surface area contributed by atoms with E-state index in [0.717, 1.165) is 5.56 Å². The molecular formula is C11H13Cl2N2O2-. The normalized spacial score (nSPS) is 12.6. The van der Waals surface area contributed by atoms with Crippen LogP contribution in [0.25, 0.3) is 0 Å². The fraction of sp³-hybridized carbons (Fsp3) is 0.364. The van der Waals surface area contributed by atoms with Crippen molar-refractivity contribution in [1.29, 1.82) is 0 Å². The Kier molecular flexibility index (Phi) is 4.62. The minimum Gasteiger partial charge on any atom is -0.324 e. The highest BCUT2D eigenvalue weighted by atomic mass is 35.5. The van der Waals surface area contributed by atoms with Gasteiger partial charge in [0.2, 0.25) is 0 Å². The van der Waals surface area contributed by atoms with Crippen molar-refractivity contribution in [1.82, 2.24) is 4.90 Å². The van der Waals surface area contributed by atoms with Gasteiger partial charge in [-0.2, -0.15) is 0 Å². The zero-order valence-electron chi connectivity index (χ0n) is 9.78. The molecule has 1 rings (SSSR count). The quantitative estimate of drug-likeness (QED) is 0.481. The van der Waals surface area contributed by atoms with E-state index in [4.69, 9.17) is 23.2 Å². The molecule has 0 aromatic heterocycles. The second-order valence-electron chi connectivity index (χ2n) is 3.94. The molecule has 1 unspecified atom stereocenters. The van der Waals surface area contributed by atoms with Crippen LogP contribution in [0.2, 0.25) is 10.0 Å². The average molecular weight is 276 g/mol. The molecule has 0 N–H and O–H groups in total. The van der Waals surface area contributed by atoms with Crippen molar-refractivity contribution in [3.63, 3.8) is 0 Å². The van der Waals surface area contributed by atoms with E-state index < -0.39 is 6.04 Å². The maximum Gasteiger partial charge on any atom is 0.0594 e. The van der Waals surface area contributed by atoms with Crippen LogP contribution in [-0.4, -0.2) is 23.9 Å². The molecule has 1 aromatic rings. The molecule has 0 saturated carbocycles. The van der Waals surface area contributed by atoms with Gasteiger partial charge in [-0.05, 0) is 38.3 Å². The van der Waals surface area contributed by atoms with Gasteiger partial charge in [-0.1, -0.05) is 34.8 Å². The lowest BCUT2D eigenvalue weighted by atomic mass is 10.00. The molecule has 1 atom stereocenters. The predicted molar refractivity (Wildman–Crippen MR) is 68.8 cm³/mol. The Morgan fingerprint density at radius 2 is 1.94 bits per heavy atom. The summed E-state index contributed by atoms with van der Waals surface area (Å²) in [6.07, 6.45) is 0. The number of rotatable bonds is 4. The summed E-state index contributed by atoms with van der Waals surface area (Å²) in [6, 6.07) is 4.77. The lowest BCUT2D eigenvalue weighted by Crippen LogP contribution is -2.28. The summed E-state index contributed by atoms with van der Waals surface area (Å²) in [5.74, 6) is 0. The molecule has 0 spiro atoms. The van der Waals surface area contributed by atoms with E-state index in [1.54, 1.807) is 37.2 Å². The van der Waals surface area contributed by atoms with E-state index in [2.05, 4.69) is 0 Å². The Balaban J connectivity index is 3.14. The SMILES string of the molecule is C[C-](C(c1ccc(Cl)c(Cl)c1)N(C)C)[N+](=O)[O-]. The molecule has 0 heterocycles. The van der Waals surface area contributed by atoms with Gasteiger partial charge in [0.25, 0.3) is 0 Å². The van der Waals surface area contributed by atoms with E-state index in [1.807, 2.05) is 0 Å². The number of hydrogen-bond donors (Lipinski definition) is 0. The van der Waals surface area contributed by atoms with Crippen molar-refractivity contribution >= 4 is 23.2 Å². The second-order valence-corrected chi connectivity index (χ2v) is 4.75. The van der Waals surface area contributed by atoms with E-state index in [0.29, 0.717) is 10.0 Å². The van der Waals surface area contributed by atoms with Gasteiger partial charge in [0.1, 0.15) is 0 Å². The Labute approximate surface area is 110 Å². The van der Waals surface area contributed by atoms with Crippen LogP contribution < -0.4 is 0 Å². The van der Waals surface area contributed by atoms with Crippen molar-refractivity contribution in [2.24, 2.45) is 0 Å². The number of hydrogen-bond acceptors (Lipinski definition) is 3. The van der Waals surface area contributed by atoms with Gasteiger partial charge in [-0.25, -0.2) is 0 Å². The predicted octanol–water partition coefficient (Wildman–Crippen LogP) is 3.42. The fourth-order valence-corrected chi connectivity index (χ4v) is 2.00. The zero-order valence-corrected chi connectivity index (χ0v) is 11.3. The standard InChI is InChI=1S/C11H13Cl2N2O2/c1-7(15(16)17)11(14(2)3)8-4-5-9(12)10(13)6-8/h4-6,11H,1-3H3/q-1. The Bertz CT molecular complexity index is 424. The molecule has 6 heteroatoms. The summed E-state index contributed by atoms with van der Waals surface area (Å²) in [5, 5.41) is 11.7. The van der Waals surface area contributed by atoms with Crippen LogP contribution >= 0.6 is 23.2 Å². The summed E-state index contributed by atoms with van der Waals surface area (Å²) in [5.41, 5.74) is 0.749. The van der Waals surface area contributed by atoms with Crippen molar-refractivity contribution in [2.45, 2.75) is 13.0 Å². The van der Waals surface area contributed by atoms with Crippen LogP contribution in [0.5, 0.6) is 0 Å². The average Bonchev–Trinajstić information content (AvgIpc) is 2.22. The number of likely N-dealkylation sites (N-methyl/N-ethyl adjacent to an activating group) is 1. The van der Waals surface area contributed by atoms with Crippen molar-refractivity contribution < 1.29 is 4.92 Å². The summed E-state index contributed by atoms with van der Waals surface area (Å²) in [4.78, 5) is 12.2. The highest BCUT2D eigenvalue weighted by Gasteiger charge is 2.19. The monoisotopic (exact) mass is 275 g/mol. The third kappa shape index (κ3) is 3.25. The van der Waals surface area contributed by atoms with Gasteiger partial charge in [-0.3, -0.25) is 10.1 Å². The molecule has 4 nitrogen and oxygen atoms in total. The smallest absolute Gasteiger partial charge is 0.0594 e. The molecule has 0 bridgehead atoms. The molecule has 0 amide bonds. The van der Waals surface area contributed by atoms with Gasteiger partial charge in [0.15, 0.2) is 0 Å². The first-order valence-electron chi connectivity index (χ1n) is 4.93. The van der Waals surface area contributed by atoms with Crippen LogP contribution in [0.15, 0.2) is 18.2 Å². The molecule has 94 valence electrons. The molecule has 0 saturated heterocycles.